The van der Waals surface area contributed by atoms with Gasteiger partial charge in [0.15, 0.2) is 0 Å². The molecule has 1 heterocycles. The molecule has 0 radical (unpaired) electrons. The summed E-state index contributed by atoms with van der Waals surface area (Å²) in [5.41, 5.74) is 5.25. The van der Waals surface area contributed by atoms with E-state index in [1.54, 1.807) is 6.92 Å². The zero-order chi connectivity index (χ0) is 13.0. The van der Waals surface area contributed by atoms with Gasteiger partial charge < -0.3 is 10.5 Å². The highest BCUT2D eigenvalue weighted by atomic mass is 79.9. The number of ether oxygens (including phenoxy) is 1. The molecule has 0 atom stereocenters. The third-order valence-electron chi connectivity index (χ3n) is 2.01. The minimum Gasteiger partial charge on any atom is -0.462 e. The Morgan fingerprint density at radius 1 is 1.65 bits per heavy atom. The number of carbonyl (C=O) groups is 1. The number of nitrogens with zero attached hydrogens (tertiary/aromatic N) is 1. The standard InChI is InChI=1S/C10H11BrF2N2O2/c1-2-17-10(16)5-3-6(9(12)13)8(11)15-7(5)4-14/h3,9H,2,4,14H2,1H3. The lowest BCUT2D eigenvalue weighted by molar-refractivity contribution is 0.0524. The van der Waals surface area contributed by atoms with E-state index in [2.05, 4.69) is 20.9 Å². The molecule has 0 aliphatic rings. The Labute approximate surface area is 105 Å². The van der Waals surface area contributed by atoms with E-state index < -0.39 is 12.4 Å². The van der Waals surface area contributed by atoms with Crippen molar-refractivity contribution in [3.63, 3.8) is 0 Å². The summed E-state index contributed by atoms with van der Waals surface area (Å²) in [6.07, 6.45) is -2.73. The number of aromatic nitrogens is 1. The zero-order valence-electron chi connectivity index (χ0n) is 9.04. The lowest BCUT2D eigenvalue weighted by Gasteiger charge is -2.10. The van der Waals surface area contributed by atoms with Crippen molar-refractivity contribution < 1.29 is 18.3 Å². The molecule has 4 nitrogen and oxygen atoms in total. The van der Waals surface area contributed by atoms with Gasteiger partial charge in [0, 0.05) is 6.54 Å². The number of hydrogen-bond donors (Lipinski definition) is 1. The van der Waals surface area contributed by atoms with Gasteiger partial charge in [-0.1, -0.05) is 0 Å². The van der Waals surface area contributed by atoms with Crippen LogP contribution in [-0.4, -0.2) is 17.6 Å². The summed E-state index contributed by atoms with van der Waals surface area (Å²) in [5.74, 6) is -0.699. The first-order valence-corrected chi connectivity index (χ1v) is 5.65. The Kier molecular flexibility index (Phi) is 4.95. The number of rotatable bonds is 4. The lowest BCUT2D eigenvalue weighted by atomic mass is 10.1. The predicted octanol–water partition coefficient (Wildman–Crippen LogP) is 2.42. The molecule has 0 aliphatic carbocycles. The van der Waals surface area contributed by atoms with E-state index >= 15 is 0 Å². The van der Waals surface area contributed by atoms with Crippen LogP contribution in [0.5, 0.6) is 0 Å². The minimum atomic E-state index is -2.73. The van der Waals surface area contributed by atoms with Crippen molar-refractivity contribution in [2.24, 2.45) is 5.73 Å². The number of nitrogens with two attached hydrogens (primary N) is 1. The first-order chi connectivity index (χ1) is 8.01. The van der Waals surface area contributed by atoms with Crippen LogP contribution in [0, 0.1) is 0 Å². The molecule has 0 spiro atoms. The van der Waals surface area contributed by atoms with Crippen molar-refractivity contribution in [2.75, 3.05) is 6.61 Å². The summed E-state index contributed by atoms with van der Waals surface area (Å²) in [7, 11) is 0. The third-order valence-corrected chi connectivity index (χ3v) is 2.64. The second kappa shape index (κ2) is 6.02. The van der Waals surface area contributed by atoms with Crippen molar-refractivity contribution >= 4 is 21.9 Å². The molecule has 1 aromatic rings. The SMILES string of the molecule is CCOC(=O)c1cc(C(F)F)c(Br)nc1CN. The molecule has 0 saturated heterocycles. The van der Waals surface area contributed by atoms with Gasteiger partial charge in [-0.2, -0.15) is 0 Å². The zero-order valence-corrected chi connectivity index (χ0v) is 10.6. The van der Waals surface area contributed by atoms with Crippen molar-refractivity contribution in [1.29, 1.82) is 0 Å². The van der Waals surface area contributed by atoms with Crippen LogP contribution in [0.3, 0.4) is 0 Å². The predicted molar refractivity (Wildman–Crippen MR) is 60.7 cm³/mol. The average Bonchev–Trinajstić information content (AvgIpc) is 2.28. The van der Waals surface area contributed by atoms with Gasteiger partial charge >= 0.3 is 5.97 Å². The molecule has 0 fully saturated rings. The van der Waals surface area contributed by atoms with E-state index in [1.807, 2.05) is 0 Å². The second-order valence-corrected chi connectivity index (χ2v) is 3.84. The maximum atomic E-state index is 12.6. The number of esters is 1. The normalized spacial score (nSPS) is 10.7. The molecule has 17 heavy (non-hydrogen) atoms. The summed E-state index contributed by atoms with van der Waals surface area (Å²) in [5, 5.41) is 0. The average molecular weight is 309 g/mol. The highest BCUT2D eigenvalue weighted by Gasteiger charge is 2.20. The summed E-state index contributed by atoms with van der Waals surface area (Å²) < 4.78 is 30.0. The summed E-state index contributed by atoms with van der Waals surface area (Å²) in [4.78, 5) is 15.4. The maximum Gasteiger partial charge on any atom is 0.340 e. The van der Waals surface area contributed by atoms with Gasteiger partial charge in [0.05, 0.1) is 23.4 Å². The lowest BCUT2D eigenvalue weighted by Crippen LogP contribution is -2.14. The number of carbonyl (C=O) groups excluding carboxylic acids is 1. The van der Waals surface area contributed by atoms with E-state index in [0.717, 1.165) is 6.07 Å². The molecular formula is C10H11BrF2N2O2. The van der Waals surface area contributed by atoms with Crippen LogP contribution in [0.1, 0.15) is 35.0 Å². The van der Waals surface area contributed by atoms with Crippen LogP contribution in [0.4, 0.5) is 8.78 Å². The van der Waals surface area contributed by atoms with Crippen LogP contribution in [0.2, 0.25) is 0 Å². The number of alkyl halides is 2. The van der Waals surface area contributed by atoms with Crippen molar-refractivity contribution in [3.8, 4) is 0 Å². The van der Waals surface area contributed by atoms with Crippen molar-refractivity contribution in [1.82, 2.24) is 4.98 Å². The van der Waals surface area contributed by atoms with Crippen LogP contribution >= 0.6 is 15.9 Å². The molecule has 2 N–H and O–H groups in total. The highest BCUT2D eigenvalue weighted by Crippen LogP contribution is 2.28. The van der Waals surface area contributed by atoms with Gasteiger partial charge in [-0.05, 0) is 28.9 Å². The summed E-state index contributed by atoms with van der Waals surface area (Å²) >= 11 is 2.91. The Hall–Kier alpha value is -1.08. The summed E-state index contributed by atoms with van der Waals surface area (Å²) in [6.45, 7) is 1.75. The third kappa shape index (κ3) is 3.19. The van der Waals surface area contributed by atoms with E-state index in [9.17, 15) is 13.6 Å². The molecule has 0 aromatic carbocycles. The molecule has 7 heteroatoms. The molecule has 0 unspecified atom stereocenters. The fourth-order valence-corrected chi connectivity index (χ4v) is 1.74. The largest absolute Gasteiger partial charge is 0.462 e. The number of hydrogen-bond acceptors (Lipinski definition) is 4. The van der Waals surface area contributed by atoms with E-state index in [-0.39, 0.29) is 34.6 Å². The Bertz CT molecular complexity index is 427. The first kappa shape index (κ1) is 14.0. The van der Waals surface area contributed by atoms with Crippen molar-refractivity contribution in [3.05, 3.63) is 27.5 Å². The molecule has 1 rings (SSSR count). The molecular weight excluding hydrogens is 298 g/mol. The number of pyridine rings is 1. The van der Waals surface area contributed by atoms with Gasteiger partial charge in [0.1, 0.15) is 4.60 Å². The molecule has 0 saturated carbocycles. The van der Waals surface area contributed by atoms with E-state index in [1.165, 1.54) is 0 Å². The van der Waals surface area contributed by atoms with Crippen LogP contribution < -0.4 is 5.73 Å². The van der Waals surface area contributed by atoms with E-state index in [0.29, 0.717) is 0 Å². The second-order valence-electron chi connectivity index (χ2n) is 3.09. The Morgan fingerprint density at radius 2 is 2.29 bits per heavy atom. The fraction of sp³-hybridized carbons (Fsp3) is 0.400. The molecule has 0 amide bonds. The quantitative estimate of drug-likeness (QED) is 0.685. The Morgan fingerprint density at radius 3 is 2.76 bits per heavy atom. The van der Waals surface area contributed by atoms with Gasteiger partial charge in [-0.25, -0.2) is 18.6 Å². The highest BCUT2D eigenvalue weighted by molar-refractivity contribution is 9.10. The van der Waals surface area contributed by atoms with Crippen molar-refractivity contribution in [2.45, 2.75) is 19.9 Å². The number of halogens is 3. The monoisotopic (exact) mass is 308 g/mol. The minimum absolute atomic E-state index is 0.0130. The molecule has 0 bridgehead atoms. The Balaban J connectivity index is 3.26. The molecule has 0 aliphatic heterocycles. The van der Waals surface area contributed by atoms with Gasteiger partial charge in [-0.15, -0.1) is 0 Å². The van der Waals surface area contributed by atoms with Gasteiger partial charge in [0.25, 0.3) is 6.43 Å². The maximum absolute atomic E-state index is 12.6. The fourth-order valence-electron chi connectivity index (χ4n) is 1.24. The topological polar surface area (TPSA) is 65.2 Å². The molecule has 1 aromatic heterocycles. The van der Waals surface area contributed by atoms with Crippen LogP contribution in [0.25, 0.3) is 0 Å². The molecule has 94 valence electrons. The van der Waals surface area contributed by atoms with Crippen LogP contribution in [0.15, 0.2) is 10.7 Å². The van der Waals surface area contributed by atoms with Gasteiger partial charge in [0.2, 0.25) is 0 Å². The van der Waals surface area contributed by atoms with E-state index in [4.69, 9.17) is 10.5 Å². The summed E-state index contributed by atoms with van der Waals surface area (Å²) in [6, 6.07) is 1.06. The van der Waals surface area contributed by atoms with Gasteiger partial charge in [-0.3, -0.25) is 0 Å². The van der Waals surface area contributed by atoms with Crippen LogP contribution in [-0.2, 0) is 11.3 Å². The smallest absolute Gasteiger partial charge is 0.340 e. The first-order valence-electron chi connectivity index (χ1n) is 4.85.